The molecule has 0 saturated heterocycles. The lowest BCUT2D eigenvalue weighted by Gasteiger charge is -2.01. The van der Waals surface area contributed by atoms with Gasteiger partial charge in [-0.3, -0.25) is 0 Å². The second kappa shape index (κ2) is 3.29. The maximum Gasteiger partial charge on any atom is 0.356 e. The molecule has 0 atom stereocenters. The summed E-state index contributed by atoms with van der Waals surface area (Å²) in [6, 6.07) is 0. The molecule has 0 aliphatic carbocycles. The van der Waals surface area contributed by atoms with Crippen LogP contribution in [0.1, 0.15) is 22.6 Å². The van der Waals surface area contributed by atoms with E-state index in [1.54, 1.807) is 0 Å². The highest BCUT2D eigenvalue weighted by atomic mass is 35.5. The van der Waals surface area contributed by atoms with E-state index in [0.717, 1.165) is 4.57 Å². The van der Waals surface area contributed by atoms with Crippen LogP contribution in [0.2, 0.25) is 5.28 Å². The number of imidazole rings is 1. The van der Waals surface area contributed by atoms with Gasteiger partial charge in [0.05, 0.1) is 0 Å². The Labute approximate surface area is 76.8 Å². The molecule has 0 aliphatic rings. The van der Waals surface area contributed by atoms with E-state index in [2.05, 4.69) is 4.98 Å². The molecular formula is C6H5ClF2N2O2. The molecule has 0 aromatic carbocycles. The molecule has 13 heavy (non-hydrogen) atoms. The number of hydrogen-bond donors (Lipinski definition) is 1. The number of carboxylic acid groups (broad SMARTS) is 1. The SMILES string of the molecule is Cn1c(Cl)nc(C(=O)O)c1C(F)F. The summed E-state index contributed by atoms with van der Waals surface area (Å²) >= 11 is 5.38. The smallest absolute Gasteiger partial charge is 0.356 e. The summed E-state index contributed by atoms with van der Waals surface area (Å²) in [6.45, 7) is 0. The number of nitrogens with zero attached hydrogens (tertiary/aromatic N) is 2. The average Bonchev–Trinajstić information content (AvgIpc) is 2.28. The monoisotopic (exact) mass is 210 g/mol. The van der Waals surface area contributed by atoms with E-state index in [1.807, 2.05) is 0 Å². The predicted octanol–water partition coefficient (Wildman–Crippen LogP) is 1.71. The summed E-state index contributed by atoms with van der Waals surface area (Å²) < 4.78 is 25.4. The Morgan fingerprint density at radius 3 is 2.54 bits per heavy atom. The molecule has 7 heteroatoms. The Morgan fingerprint density at radius 2 is 2.23 bits per heavy atom. The minimum absolute atomic E-state index is 0.271. The molecule has 72 valence electrons. The van der Waals surface area contributed by atoms with Crippen LogP contribution in [0.4, 0.5) is 8.78 Å². The van der Waals surface area contributed by atoms with Gasteiger partial charge in [0.1, 0.15) is 5.69 Å². The largest absolute Gasteiger partial charge is 0.476 e. The van der Waals surface area contributed by atoms with Crippen LogP contribution in [-0.4, -0.2) is 20.6 Å². The van der Waals surface area contributed by atoms with Crippen LogP contribution < -0.4 is 0 Å². The standard InChI is InChI=1S/C6H5ClF2N2O2/c1-11-3(4(8)9)2(5(12)13)10-6(11)7/h4H,1H3,(H,12,13). The number of rotatable bonds is 2. The maximum atomic E-state index is 12.3. The van der Waals surface area contributed by atoms with E-state index >= 15 is 0 Å². The van der Waals surface area contributed by atoms with Crippen molar-refractivity contribution in [3.8, 4) is 0 Å². The third-order valence-electron chi connectivity index (χ3n) is 1.49. The third-order valence-corrected chi connectivity index (χ3v) is 1.83. The van der Waals surface area contributed by atoms with Crippen molar-refractivity contribution < 1.29 is 18.7 Å². The van der Waals surface area contributed by atoms with Gasteiger partial charge in [-0.05, 0) is 11.6 Å². The number of alkyl halides is 2. The Morgan fingerprint density at radius 1 is 1.69 bits per heavy atom. The van der Waals surface area contributed by atoms with Gasteiger partial charge in [-0.2, -0.15) is 0 Å². The van der Waals surface area contributed by atoms with Crippen LogP contribution in [0, 0.1) is 0 Å². The lowest BCUT2D eigenvalue weighted by Crippen LogP contribution is -2.05. The molecule has 0 aliphatic heterocycles. The molecule has 1 aromatic heterocycles. The van der Waals surface area contributed by atoms with E-state index in [4.69, 9.17) is 16.7 Å². The van der Waals surface area contributed by atoms with Gasteiger partial charge in [0.15, 0.2) is 5.69 Å². The molecule has 0 radical (unpaired) electrons. The lowest BCUT2D eigenvalue weighted by atomic mass is 10.3. The molecule has 1 aromatic rings. The van der Waals surface area contributed by atoms with Crippen molar-refractivity contribution in [2.24, 2.45) is 7.05 Å². The highest BCUT2D eigenvalue weighted by molar-refractivity contribution is 6.28. The Hall–Kier alpha value is -1.17. The summed E-state index contributed by atoms with van der Waals surface area (Å²) in [7, 11) is 1.23. The first-order valence-electron chi connectivity index (χ1n) is 3.18. The van der Waals surface area contributed by atoms with Crippen molar-refractivity contribution in [3.63, 3.8) is 0 Å². The van der Waals surface area contributed by atoms with Crippen LogP contribution in [0.3, 0.4) is 0 Å². The highest BCUT2D eigenvalue weighted by Gasteiger charge is 2.25. The van der Waals surface area contributed by atoms with Gasteiger partial charge < -0.3 is 9.67 Å². The zero-order chi connectivity index (χ0) is 10.2. The van der Waals surface area contributed by atoms with Gasteiger partial charge in [-0.1, -0.05) is 0 Å². The summed E-state index contributed by atoms with van der Waals surface area (Å²) in [5.74, 6) is -1.52. The topological polar surface area (TPSA) is 55.1 Å². The number of carbonyl (C=O) groups is 1. The second-order valence-electron chi connectivity index (χ2n) is 2.28. The van der Waals surface area contributed by atoms with Gasteiger partial charge in [0.2, 0.25) is 5.28 Å². The molecule has 1 heterocycles. The molecule has 4 nitrogen and oxygen atoms in total. The van der Waals surface area contributed by atoms with Crippen molar-refractivity contribution in [2.45, 2.75) is 6.43 Å². The van der Waals surface area contributed by atoms with E-state index in [9.17, 15) is 13.6 Å². The number of carboxylic acids is 1. The van der Waals surface area contributed by atoms with Crippen LogP contribution in [0.25, 0.3) is 0 Å². The molecule has 1 N–H and O–H groups in total. The molecular weight excluding hydrogens is 206 g/mol. The Kier molecular flexibility index (Phi) is 2.51. The van der Waals surface area contributed by atoms with Crippen LogP contribution in [0.5, 0.6) is 0 Å². The fraction of sp³-hybridized carbons (Fsp3) is 0.333. The fourth-order valence-electron chi connectivity index (χ4n) is 0.890. The number of aromatic nitrogens is 2. The molecule has 0 fully saturated rings. The minimum Gasteiger partial charge on any atom is -0.476 e. The van der Waals surface area contributed by atoms with Crippen molar-refractivity contribution >= 4 is 17.6 Å². The van der Waals surface area contributed by atoms with Gasteiger partial charge >= 0.3 is 5.97 Å². The normalized spacial score (nSPS) is 10.8. The Bertz CT molecular complexity index is 351. The van der Waals surface area contributed by atoms with Gasteiger partial charge in [0, 0.05) is 7.05 Å². The second-order valence-corrected chi connectivity index (χ2v) is 2.62. The molecule has 0 unspecified atom stereocenters. The minimum atomic E-state index is -2.91. The van der Waals surface area contributed by atoms with Crippen LogP contribution >= 0.6 is 11.6 Å². The summed E-state index contributed by atoms with van der Waals surface area (Å²) in [5, 5.41) is 8.21. The quantitative estimate of drug-likeness (QED) is 0.809. The van der Waals surface area contributed by atoms with Gasteiger partial charge in [-0.15, -0.1) is 0 Å². The number of halogens is 3. The lowest BCUT2D eigenvalue weighted by molar-refractivity contribution is 0.0676. The van der Waals surface area contributed by atoms with Crippen molar-refractivity contribution in [3.05, 3.63) is 16.7 Å². The Balaban J connectivity index is 3.35. The summed E-state index contributed by atoms with van der Waals surface area (Å²) in [6.07, 6.45) is -2.91. The number of hydrogen-bond acceptors (Lipinski definition) is 2. The first-order chi connectivity index (χ1) is 5.95. The third kappa shape index (κ3) is 1.62. The number of aromatic carboxylic acids is 1. The maximum absolute atomic E-state index is 12.3. The van der Waals surface area contributed by atoms with Crippen molar-refractivity contribution in [1.29, 1.82) is 0 Å². The first kappa shape index (κ1) is 9.91. The zero-order valence-corrected chi connectivity index (χ0v) is 7.22. The average molecular weight is 211 g/mol. The van der Waals surface area contributed by atoms with Crippen molar-refractivity contribution in [1.82, 2.24) is 9.55 Å². The molecule has 0 saturated carbocycles. The molecule has 0 amide bonds. The van der Waals surface area contributed by atoms with Gasteiger partial charge in [-0.25, -0.2) is 18.6 Å². The first-order valence-corrected chi connectivity index (χ1v) is 3.56. The fourth-order valence-corrected chi connectivity index (χ4v) is 1.07. The van der Waals surface area contributed by atoms with E-state index in [1.165, 1.54) is 7.05 Å². The zero-order valence-electron chi connectivity index (χ0n) is 6.46. The van der Waals surface area contributed by atoms with Gasteiger partial charge in [0.25, 0.3) is 6.43 Å². The van der Waals surface area contributed by atoms with E-state index in [0.29, 0.717) is 0 Å². The summed E-state index contributed by atoms with van der Waals surface area (Å²) in [4.78, 5) is 13.7. The summed E-state index contributed by atoms with van der Waals surface area (Å²) in [5.41, 5.74) is -1.39. The molecule has 0 spiro atoms. The highest BCUT2D eigenvalue weighted by Crippen LogP contribution is 2.25. The van der Waals surface area contributed by atoms with E-state index < -0.39 is 23.8 Å². The van der Waals surface area contributed by atoms with Crippen molar-refractivity contribution in [2.75, 3.05) is 0 Å². The van der Waals surface area contributed by atoms with E-state index in [-0.39, 0.29) is 5.28 Å². The van der Waals surface area contributed by atoms with Crippen LogP contribution in [0.15, 0.2) is 0 Å². The van der Waals surface area contributed by atoms with Crippen LogP contribution in [-0.2, 0) is 7.05 Å². The predicted molar refractivity (Wildman–Crippen MR) is 40.1 cm³/mol. The molecule has 0 bridgehead atoms. The molecule has 1 rings (SSSR count).